The summed E-state index contributed by atoms with van der Waals surface area (Å²) in [6.07, 6.45) is 4.78. The molecule has 10 nitrogen and oxygen atoms in total. The van der Waals surface area contributed by atoms with Crippen LogP contribution in [-0.2, 0) is 9.59 Å². The SMILES string of the molecule is O=C(C[C@@H](c1ccc([N+](=O)[O-])cc1)[C@@H]1CCCC1=O)c1ccccc1.O=C(C[C@@H](c1ccc([N+](=O)[O-])cc1)[C@@H]1CCCC1=O)c1ccccc1. The van der Waals surface area contributed by atoms with Gasteiger partial charge in [-0.15, -0.1) is 0 Å². The van der Waals surface area contributed by atoms with Crippen LogP contribution in [0, 0.1) is 32.1 Å². The topological polar surface area (TPSA) is 155 Å². The van der Waals surface area contributed by atoms with E-state index in [1.807, 2.05) is 36.4 Å². The summed E-state index contributed by atoms with van der Waals surface area (Å²) in [5, 5.41) is 21.7. The van der Waals surface area contributed by atoms with Gasteiger partial charge < -0.3 is 0 Å². The summed E-state index contributed by atoms with van der Waals surface area (Å²) >= 11 is 0. The van der Waals surface area contributed by atoms with Gasteiger partial charge in [0.25, 0.3) is 11.4 Å². The first-order chi connectivity index (χ1) is 24.1. The van der Waals surface area contributed by atoms with Crippen LogP contribution >= 0.6 is 0 Å². The summed E-state index contributed by atoms with van der Waals surface area (Å²) in [5.41, 5.74) is 2.90. The molecule has 0 heterocycles. The van der Waals surface area contributed by atoms with Gasteiger partial charge >= 0.3 is 0 Å². The van der Waals surface area contributed by atoms with Gasteiger partial charge in [-0.25, -0.2) is 0 Å². The van der Waals surface area contributed by atoms with E-state index in [2.05, 4.69) is 0 Å². The molecule has 0 N–H and O–H groups in total. The Hall–Kier alpha value is -5.64. The number of non-ortho nitro benzene ring substituents is 2. The zero-order valence-electron chi connectivity index (χ0n) is 27.5. The highest BCUT2D eigenvalue weighted by Gasteiger charge is 2.36. The van der Waals surface area contributed by atoms with Crippen LogP contribution in [0.15, 0.2) is 109 Å². The zero-order chi connectivity index (χ0) is 35.6. The van der Waals surface area contributed by atoms with Gasteiger partial charge in [-0.05, 0) is 36.8 Å². The van der Waals surface area contributed by atoms with Gasteiger partial charge in [0.2, 0.25) is 0 Å². The predicted molar refractivity (Wildman–Crippen MR) is 187 cm³/mol. The number of hydrogen-bond donors (Lipinski definition) is 0. The summed E-state index contributed by atoms with van der Waals surface area (Å²) in [6, 6.07) is 30.5. The second-order valence-corrected chi connectivity index (χ2v) is 12.8. The van der Waals surface area contributed by atoms with Gasteiger partial charge in [0.1, 0.15) is 11.6 Å². The lowest BCUT2D eigenvalue weighted by Crippen LogP contribution is -2.20. The van der Waals surface area contributed by atoms with Crippen LogP contribution in [0.5, 0.6) is 0 Å². The van der Waals surface area contributed by atoms with Crippen LogP contribution in [0.25, 0.3) is 0 Å². The van der Waals surface area contributed by atoms with E-state index in [1.54, 1.807) is 48.5 Å². The quantitative estimate of drug-likeness (QED) is 0.0821. The molecule has 4 aromatic carbocycles. The average Bonchev–Trinajstić information content (AvgIpc) is 3.77. The number of Topliss-reactive ketones (excluding diaryl/α,β-unsaturated/α-hetero) is 4. The monoisotopic (exact) mass is 674 g/mol. The highest BCUT2D eigenvalue weighted by molar-refractivity contribution is 5.98. The Labute approximate surface area is 289 Å². The summed E-state index contributed by atoms with van der Waals surface area (Å²) in [7, 11) is 0. The first-order valence-corrected chi connectivity index (χ1v) is 16.8. The minimum Gasteiger partial charge on any atom is -0.299 e. The number of carbonyl (C=O) groups is 4. The maximum atomic E-state index is 12.6. The largest absolute Gasteiger partial charge is 0.299 e. The van der Waals surface area contributed by atoms with Gasteiger partial charge in [0, 0.05) is 84.7 Å². The molecule has 2 aliphatic rings. The number of benzene rings is 4. The lowest BCUT2D eigenvalue weighted by molar-refractivity contribution is -0.385. The molecule has 0 spiro atoms. The van der Waals surface area contributed by atoms with Crippen LogP contribution in [0.3, 0.4) is 0 Å². The van der Waals surface area contributed by atoms with E-state index in [1.165, 1.54) is 24.3 Å². The molecule has 0 aliphatic heterocycles. The van der Waals surface area contributed by atoms with Gasteiger partial charge in [0.05, 0.1) is 9.85 Å². The standard InChI is InChI=1S/2C20H19NO4/c2*22-19-8-4-7-17(19)18(13-20(23)15-5-2-1-3-6-15)14-9-11-16(12-10-14)21(24)25/h2*1-3,5-6,9-12,17-18H,4,7-8,13H2/t2*17-,18-/m00/s1. The van der Waals surface area contributed by atoms with Crippen LogP contribution in [0.1, 0.15) is 95.0 Å². The maximum absolute atomic E-state index is 12.6. The lowest BCUT2D eigenvalue weighted by atomic mass is 9.80. The molecule has 0 amide bonds. The van der Waals surface area contributed by atoms with Crippen molar-refractivity contribution in [1.29, 1.82) is 0 Å². The number of nitro groups is 2. The van der Waals surface area contributed by atoms with Crippen LogP contribution in [-0.4, -0.2) is 33.0 Å². The van der Waals surface area contributed by atoms with E-state index >= 15 is 0 Å². The first kappa shape index (κ1) is 35.7. The van der Waals surface area contributed by atoms with E-state index in [4.69, 9.17) is 0 Å². The molecule has 0 aromatic heterocycles. The summed E-state index contributed by atoms with van der Waals surface area (Å²) < 4.78 is 0. The Kier molecular flexibility index (Phi) is 11.9. The van der Waals surface area contributed by atoms with Crippen LogP contribution in [0.2, 0.25) is 0 Å². The average molecular weight is 675 g/mol. The van der Waals surface area contributed by atoms with E-state index in [-0.39, 0.29) is 71.0 Å². The van der Waals surface area contributed by atoms with Crippen molar-refractivity contribution in [1.82, 2.24) is 0 Å². The fourth-order valence-corrected chi connectivity index (χ4v) is 7.09. The number of nitro benzene ring substituents is 2. The highest BCUT2D eigenvalue weighted by atomic mass is 16.6. The Balaban J connectivity index is 0.000000194. The Morgan fingerprint density at radius 3 is 1.18 bits per heavy atom. The van der Waals surface area contributed by atoms with E-state index in [0.717, 1.165) is 36.8 Å². The fraction of sp³-hybridized carbons (Fsp3) is 0.300. The molecule has 0 unspecified atom stereocenters. The van der Waals surface area contributed by atoms with Crippen molar-refractivity contribution >= 4 is 34.5 Å². The van der Waals surface area contributed by atoms with E-state index in [0.29, 0.717) is 24.0 Å². The number of carbonyl (C=O) groups excluding carboxylic acids is 4. The van der Waals surface area contributed by atoms with Crippen LogP contribution in [0.4, 0.5) is 11.4 Å². The van der Waals surface area contributed by atoms with E-state index in [9.17, 15) is 39.4 Å². The van der Waals surface area contributed by atoms with Gasteiger partial charge in [0.15, 0.2) is 11.6 Å². The molecule has 2 saturated carbocycles. The van der Waals surface area contributed by atoms with Gasteiger partial charge in [-0.1, -0.05) is 84.9 Å². The third kappa shape index (κ3) is 8.87. The molecule has 0 saturated heterocycles. The minimum absolute atomic E-state index is 0.00892. The minimum atomic E-state index is -0.450. The third-order valence-electron chi connectivity index (χ3n) is 9.74. The summed E-state index contributed by atoms with van der Waals surface area (Å²) in [6.45, 7) is 0. The van der Waals surface area contributed by atoms with Gasteiger partial charge in [-0.3, -0.25) is 39.4 Å². The van der Waals surface area contributed by atoms with Crippen molar-refractivity contribution in [2.45, 2.75) is 63.2 Å². The Morgan fingerprint density at radius 1 is 0.560 bits per heavy atom. The summed E-state index contributed by atoms with van der Waals surface area (Å²) in [5.74, 6) is -0.490. The van der Waals surface area contributed by atoms with Crippen molar-refractivity contribution in [3.8, 4) is 0 Å². The third-order valence-corrected chi connectivity index (χ3v) is 9.74. The first-order valence-electron chi connectivity index (χ1n) is 16.8. The predicted octanol–water partition coefficient (Wildman–Crippen LogP) is 8.64. The number of rotatable bonds is 12. The van der Waals surface area contributed by atoms with Crippen molar-refractivity contribution in [2.75, 3.05) is 0 Å². The molecule has 4 atom stereocenters. The second-order valence-electron chi connectivity index (χ2n) is 12.8. The van der Waals surface area contributed by atoms with Crippen molar-refractivity contribution in [3.05, 3.63) is 152 Å². The Morgan fingerprint density at radius 2 is 0.900 bits per heavy atom. The molecule has 2 aliphatic carbocycles. The molecule has 6 rings (SSSR count). The Bertz CT molecular complexity index is 1700. The van der Waals surface area contributed by atoms with Crippen LogP contribution < -0.4 is 0 Å². The normalized spacial score (nSPS) is 18.1. The smallest absolute Gasteiger partial charge is 0.269 e. The second kappa shape index (κ2) is 16.6. The molecular weight excluding hydrogens is 636 g/mol. The lowest BCUT2D eigenvalue weighted by Gasteiger charge is -2.22. The van der Waals surface area contributed by atoms with Crippen molar-refractivity contribution in [3.63, 3.8) is 0 Å². The molecule has 10 heteroatoms. The fourth-order valence-electron chi connectivity index (χ4n) is 7.09. The molecular formula is C40H38N2O8. The molecule has 0 bridgehead atoms. The number of ketones is 4. The molecule has 256 valence electrons. The van der Waals surface area contributed by atoms with Crippen molar-refractivity contribution in [2.24, 2.45) is 11.8 Å². The number of hydrogen-bond acceptors (Lipinski definition) is 8. The summed E-state index contributed by atoms with van der Waals surface area (Å²) in [4.78, 5) is 70.6. The zero-order valence-corrected chi connectivity index (χ0v) is 27.5. The highest BCUT2D eigenvalue weighted by Crippen LogP contribution is 2.40. The van der Waals surface area contributed by atoms with Crippen molar-refractivity contribution < 1.29 is 29.0 Å². The van der Waals surface area contributed by atoms with E-state index < -0.39 is 9.85 Å². The maximum Gasteiger partial charge on any atom is 0.269 e. The molecule has 2 fully saturated rings. The molecule has 50 heavy (non-hydrogen) atoms. The van der Waals surface area contributed by atoms with Gasteiger partial charge in [-0.2, -0.15) is 0 Å². The molecule has 4 aromatic rings. The molecule has 0 radical (unpaired) electrons. The number of nitrogens with zero attached hydrogens (tertiary/aromatic N) is 2.